The number of unbranched alkanes of at least 4 members (excludes halogenated alkanes) is 9. The van der Waals surface area contributed by atoms with Gasteiger partial charge in [-0.25, -0.2) is 0 Å². The number of rotatable bonds is 12. The SMILES string of the molecule is CCCCCCCCCCCCN1CCC(=O)C(C(=O)OC)C1. The van der Waals surface area contributed by atoms with E-state index in [1.165, 1.54) is 64.9 Å². The monoisotopic (exact) mass is 325 g/mol. The molecule has 0 saturated carbocycles. The third-order valence-electron chi connectivity index (χ3n) is 4.82. The van der Waals surface area contributed by atoms with Gasteiger partial charge in [0.1, 0.15) is 11.7 Å². The molecule has 0 aromatic carbocycles. The van der Waals surface area contributed by atoms with E-state index in [-0.39, 0.29) is 11.8 Å². The zero-order valence-electron chi connectivity index (χ0n) is 15.1. The van der Waals surface area contributed by atoms with Gasteiger partial charge < -0.3 is 9.64 Å². The minimum Gasteiger partial charge on any atom is -0.468 e. The molecule has 0 aromatic rings. The van der Waals surface area contributed by atoms with Gasteiger partial charge in [0.05, 0.1) is 7.11 Å². The normalized spacial score (nSPS) is 19.0. The Hall–Kier alpha value is -0.900. The Morgan fingerprint density at radius 2 is 1.61 bits per heavy atom. The van der Waals surface area contributed by atoms with E-state index in [2.05, 4.69) is 11.8 Å². The standard InChI is InChI=1S/C19H35NO3/c1-3-4-5-6-7-8-9-10-11-12-14-20-15-13-18(21)17(16-20)19(22)23-2/h17H,3-16H2,1-2H3. The van der Waals surface area contributed by atoms with Crippen molar-refractivity contribution in [2.75, 3.05) is 26.7 Å². The number of carbonyl (C=O) groups is 2. The van der Waals surface area contributed by atoms with Crippen molar-refractivity contribution < 1.29 is 14.3 Å². The molecule has 0 aromatic heterocycles. The summed E-state index contributed by atoms with van der Waals surface area (Å²) in [7, 11) is 1.36. The Kier molecular flexibility index (Phi) is 11.0. The third-order valence-corrected chi connectivity index (χ3v) is 4.82. The Morgan fingerprint density at radius 3 is 2.17 bits per heavy atom. The lowest BCUT2D eigenvalue weighted by Gasteiger charge is -2.30. The molecule has 0 aliphatic carbocycles. The minimum atomic E-state index is -0.558. The second kappa shape index (κ2) is 12.5. The van der Waals surface area contributed by atoms with Crippen molar-refractivity contribution in [3.8, 4) is 0 Å². The summed E-state index contributed by atoms with van der Waals surface area (Å²) in [6, 6.07) is 0. The highest BCUT2D eigenvalue weighted by Gasteiger charge is 2.33. The third kappa shape index (κ3) is 8.50. The number of nitrogens with zero attached hydrogens (tertiary/aromatic N) is 1. The summed E-state index contributed by atoms with van der Waals surface area (Å²) < 4.78 is 4.73. The maximum atomic E-state index is 11.8. The van der Waals surface area contributed by atoms with Crippen LogP contribution in [0.5, 0.6) is 0 Å². The second-order valence-corrected chi connectivity index (χ2v) is 6.77. The summed E-state index contributed by atoms with van der Waals surface area (Å²) in [5, 5.41) is 0. The van der Waals surface area contributed by atoms with Gasteiger partial charge in [0, 0.05) is 19.5 Å². The van der Waals surface area contributed by atoms with Crippen molar-refractivity contribution >= 4 is 11.8 Å². The molecular formula is C19H35NO3. The highest BCUT2D eigenvalue weighted by atomic mass is 16.5. The number of likely N-dealkylation sites (tertiary alicyclic amines) is 1. The smallest absolute Gasteiger partial charge is 0.317 e. The van der Waals surface area contributed by atoms with E-state index < -0.39 is 5.92 Å². The van der Waals surface area contributed by atoms with E-state index in [9.17, 15) is 9.59 Å². The van der Waals surface area contributed by atoms with Crippen molar-refractivity contribution in [3.05, 3.63) is 0 Å². The first-order chi connectivity index (χ1) is 11.2. The van der Waals surface area contributed by atoms with Gasteiger partial charge >= 0.3 is 5.97 Å². The molecule has 0 bridgehead atoms. The fraction of sp³-hybridized carbons (Fsp3) is 0.895. The first-order valence-corrected chi connectivity index (χ1v) is 9.52. The molecular weight excluding hydrogens is 290 g/mol. The number of carbonyl (C=O) groups excluding carboxylic acids is 2. The van der Waals surface area contributed by atoms with E-state index in [4.69, 9.17) is 4.74 Å². The molecule has 1 heterocycles. The number of ether oxygens (including phenoxy) is 1. The molecule has 1 saturated heterocycles. The molecule has 0 spiro atoms. The lowest BCUT2D eigenvalue weighted by atomic mass is 9.96. The molecule has 0 radical (unpaired) electrons. The van der Waals surface area contributed by atoms with Gasteiger partial charge in [0.25, 0.3) is 0 Å². The zero-order chi connectivity index (χ0) is 16.9. The van der Waals surface area contributed by atoms with Gasteiger partial charge in [0.2, 0.25) is 0 Å². The largest absolute Gasteiger partial charge is 0.468 e. The van der Waals surface area contributed by atoms with Crippen molar-refractivity contribution in [2.45, 2.75) is 77.6 Å². The van der Waals surface area contributed by atoms with Crippen LogP contribution in [-0.2, 0) is 14.3 Å². The van der Waals surface area contributed by atoms with Crippen molar-refractivity contribution in [1.29, 1.82) is 0 Å². The number of hydrogen-bond acceptors (Lipinski definition) is 4. The molecule has 0 N–H and O–H groups in total. The van der Waals surface area contributed by atoms with Crippen LogP contribution in [0.3, 0.4) is 0 Å². The molecule has 23 heavy (non-hydrogen) atoms. The summed E-state index contributed by atoms with van der Waals surface area (Å²) in [4.78, 5) is 25.6. The lowest BCUT2D eigenvalue weighted by Crippen LogP contribution is -2.44. The Bertz CT molecular complexity index is 336. The predicted octanol–water partition coefficient (Wildman–Crippen LogP) is 3.97. The van der Waals surface area contributed by atoms with E-state index >= 15 is 0 Å². The van der Waals surface area contributed by atoms with Crippen LogP contribution >= 0.6 is 0 Å². The number of piperidine rings is 1. The van der Waals surface area contributed by atoms with Crippen LogP contribution in [0, 0.1) is 5.92 Å². The van der Waals surface area contributed by atoms with Gasteiger partial charge in [-0.05, 0) is 13.0 Å². The van der Waals surface area contributed by atoms with Crippen molar-refractivity contribution in [3.63, 3.8) is 0 Å². The van der Waals surface area contributed by atoms with Crippen LogP contribution < -0.4 is 0 Å². The van der Waals surface area contributed by atoms with Gasteiger partial charge in [0.15, 0.2) is 0 Å². The molecule has 4 nitrogen and oxygen atoms in total. The number of methoxy groups -OCH3 is 1. The van der Waals surface area contributed by atoms with Crippen LogP contribution in [0.1, 0.15) is 77.6 Å². The average molecular weight is 325 g/mol. The zero-order valence-corrected chi connectivity index (χ0v) is 15.1. The number of esters is 1. The van der Waals surface area contributed by atoms with Crippen molar-refractivity contribution in [1.82, 2.24) is 4.90 Å². The van der Waals surface area contributed by atoms with Crippen LogP contribution in [0.2, 0.25) is 0 Å². The minimum absolute atomic E-state index is 0.0381. The highest BCUT2D eigenvalue weighted by Crippen LogP contribution is 2.16. The van der Waals surface area contributed by atoms with Gasteiger partial charge in [-0.3, -0.25) is 9.59 Å². The highest BCUT2D eigenvalue weighted by molar-refractivity contribution is 5.99. The molecule has 134 valence electrons. The summed E-state index contributed by atoms with van der Waals surface area (Å²) in [5.74, 6) is -0.893. The van der Waals surface area contributed by atoms with Gasteiger partial charge in [-0.15, -0.1) is 0 Å². The van der Waals surface area contributed by atoms with Crippen LogP contribution in [0.25, 0.3) is 0 Å². The molecule has 1 rings (SSSR count). The van der Waals surface area contributed by atoms with Gasteiger partial charge in [-0.2, -0.15) is 0 Å². The fourth-order valence-electron chi connectivity index (χ4n) is 3.27. The summed E-state index contributed by atoms with van der Waals surface area (Å²) in [6.07, 6.45) is 13.8. The van der Waals surface area contributed by atoms with Crippen LogP contribution in [-0.4, -0.2) is 43.4 Å². The fourth-order valence-corrected chi connectivity index (χ4v) is 3.27. The van der Waals surface area contributed by atoms with Crippen LogP contribution in [0.15, 0.2) is 0 Å². The van der Waals surface area contributed by atoms with Crippen molar-refractivity contribution in [2.24, 2.45) is 5.92 Å². The molecule has 1 aliphatic rings. The lowest BCUT2D eigenvalue weighted by molar-refractivity contribution is -0.151. The molecule has 4 heteroatoms. The predicted molar refractivity (Wildman–Crippen MR) is 93.4 cm³/mol. The maximum absolute atomic E-state index is 11.8. The van der Waals surface area contributed by atoms with E-state index in [1.54, 1.807) is 0 Å². The Labute approximate surface area is 141 Å². The summed E-state index contributed by atoms with van der Waals surface area (Å²) in [6.45, 7) is 4.59. The first-order valence-electron chi connectivity index (χ1n) is 9.52. The van der Waals surface area contributed by atoms with Crippen LogP contribution in [0.4, 0.5) is 0 Å². The maximum Gasteiger partial charge on any atom is 0.317 e. The molecule has 1 unspecified atom stereocenters. The van der Waals surface area contributed by atoms with E-state index in [0.717, 1.165) is 19.5 Å². The molecule has 1 atom stereocenters. The number of hydrogen-bond donors (Lipinski definition) is 0. The second-order valence-electron chi connectivity index (χ2n) is 6.77. The summed E-state index contributed by atoms with van der Waals surface area (Å²) >= 11 is 0. The molecule has 0 amide bonds. The molecule has 1 aliphatic heterocycles. The topological polar surface area (TPSA) is 46.6 Å². The Morgan fingerprint density at radius 1 is 1.04 bits per heavy atom. The molecule has 1 fully saturated rings. The number of Topliss-reactive ketones (excluding diaryl/α,β-unsaturated/α-hetero) is 1. The Balaban J connectivity index is 2.01. The summed E-state index contributed by atoms with van der Waals surface area (Å²) in [5.41, 5.74) is 0. The average Bonchev–Trinajstić information content (AvgIpc) is 2.57. The number of ketones is 1. The van der Waals surface area contributed by atoms with Gasteiger partial charge in [-0.1, -0.05) is 64.7 Å². The van der Waals surface area contributed by atoms with E-state index in [1.807, 2.05) is 0 Å². The first kappa shape index (κ1) is 20.1. The quantitative estimate of drug-likeness (QED) is 0.309. The van der Waals surface area contributed by atoms with E-state index in [0.29, 0.717) is 13.0 Å².